The van der Waals surface area contributed by atoms with E-state index in [-0.39, 0.29) is 18.5 Å². The average Bonchev–Trinajstić information content (AvgIpc) is 2.42. The number of anilines is 1. The number of ether oxygens (including phenoxy) is 1. The molecule has 1 aromatic rings. The molecule has 19 heavy (non-hydrogen) atoms. The van der Waals surface area contributed by atoms with Gasteiger partial charge in [0.25, 0.3) is 0 Å². The molecule has 0 aliphatic carbocycles. The lowest BCUT2D eigenvalue weighted by atomic mass is 9.83. The predicted molar refractivity (Wildman–Crippen MR) is 73.7 cm³/mol. The number of para-hydroxylation sites is 1. The first kappa shape index (κ1) is 14.3. The molecule has 0 spiro atoms. The van der Waals surface area contributed by atoms with Crippen LogP contribution in [0.3, 0.4) is 0 Å². The fourth-order valence-corrected chi connectivity index (χ4v) is 2.52. The highest BCUT2D eigenvalue weighted by molar-refractivity contribution is 5.47. The van der Waals surface area contributed by atoms with Crippen LogP contribution in [0.4, 0.5) is 10.1 Å². The van der Waals surface area contributed by atoms with E-state index in [1.54, 1.807) is 18.2 Å². The van der Waals surface area contributed by atoms with Crippen LogP contribution in [0.1, 0.15) is 26.7 Å². The quantitative estimate of drug-likeness (QED) is 0.881. The highest BCUT2D eigenvalue weighted by Gasteiger charge is 2.38. The van der Waals surface area contributed by atoms with Crippen LogP contribution in [0.2, 0.25) is 0 Å². The highest BCUT2D eigenvalue weighted by atomic mass is 19.1. The summed E-state index contributed by atoms with van der Waals surface area (Å²) in [7, 11) is 0. The zero-order chi connectivity index (χ0) is 13.9. The van der Waals surface area contributed by atoms with Crippen molar-refractivity contribution in [1.29, 1.82) is 0 Å². The van der Waals surface area contributed by atoms with Crippen molar-refractivity contribution in [2.24, 2.45) is 5.92 Å². The number of rotatable bonds is 4. The molecular formula is C15H22FNO2. The van der Waals surface area contributed by atoms with Crippen LogP contribution in [-0.4, -0.2) is 30.0 Å². The minimum Gasteiger partial charge on any atom is -0.394 e. The van der Waals surface area contributed by atoms with Crippen molar-refractivity contribution in [1.82, 2.24) is 0 Å². The van der Waals surface area contributed by atoms with Gasteiger partial charge in [0.15, 0.2) is 0 Å². The lowest BCUT2D eigenvalue weighted by molar-refractivity contribution is -0.0482. The van der Waals surface area contributed by atoms with Crippen LogP contribution in [0.25, 0.3) is 0 Å². The molecule has 4 heteroatoms. The molecule has 1 aliphatic rings. The van der Waals surface area contributed by atoms with Gasteiger partial charge in [0.2, 0.25) is 0 Å². The lowest BCUT2D eigenvalue weighted by Crippen LogP contribution is -2.51. The van der Waals surface area contributed by atoms with Crippen molar-refractivity contribution in [3.8, 4) is 0 Å². The second kappa shape index (κ2) is 5.88. The molecule has 3 nitrogen and oxygen atoms in total. The summed E-state index contributed by atoms with van der Waals surface area (Å²) >= 11 is 0. The summed E-state index contributed by atoms with van der Waals surface area (Å²) in [4.78, 5) is 0. The third-order valence-corrected chi connectivity index (χ3v) is 3.82. The highest BCUT2D eigenvalue weighted by Crippen LogP contribution is 2.32. The van der Waals surface area contributed by atoms with Crippen molar-refractivity contribution in [2.75, 3.05) is 18.5 Å². The molecule has 1 fully saturated rings. The Morgan fingerprint density at radius 3 is 2.84 bits per heavy atom. The van der Waals surface area contributed by atoms with Gasteiger partial charge in [-0.25, -0.2) is 4.39 Å². The largest absolute Gasteiger partial charge is 0.394 e. The van der Waals surface area contributed by atoms with Crippen LogP contribution in [-0.2, 0) is 4.74 Å². The predicted octanol–water partition coefficient (Wildman–Crippen LogP) is 2.80. The van der Waals surface area contributed by atoms with Gasteiger partial charge in [-0.05, 0) is 30.9 Å². The topological polar surface area (TPSA) is 41.5 Å². The maximum Gasteiger partial charge on any atom is 0.146 e. The van der Waals surface area contributed by atoms with E-state index < -0.39 is 5.54 Å². The van der Waals surface area contributed by atoms with Gasteiger partial charge in [0.1, 0.15) is 5.82 Å². The molecule has 2 unspecified atom stereocenters. The fraction of sp³-hybridized carbons (Fsp3) is 0.600. The summed E-state index contributed by atoms with van der Waals surface area (Å²) in [5.41, 5.74) is -0.0454. The Bertz CT molecular complexity index is 424. The first-order valence-electron chi connectivity index (χ1n) is 6.81. The van der Waals surface area contributed by atoms with Gasteiger partial charge in [-0.15, -0.1) is 0 Å². The summed E-state index contributed by atoms with van der Waals surface area (Å²) in [5.74, 6) is 0.0940. The van der Waals surface area contributed by atoms with Gasteiger partial charge in [-0.3, -0.25) is 0 Å². The van der Waals surface area contributed by atoms with E-state index >= 15 is 0 Å². The Morgan fingerprint density at radius 2 is 2.21 bits per heavy atom. The molecule has 1 saturated heterocycles. The molecule has 2 rings (SSSR count). The number of aliphatic hydroxyl groups excluding tert-OH is 1. The number of hydrogen-bond acceptors (Lipinski definition) is 3. The molecule has 2 atom stereocenters. The van der Waals surface area contributed by atoms with Gasteiger partial charge in [-0.1, -0.05) is 26.0 Å². The summed E-state index contributed by atoms with van der Waals surface area (Å²) in [6.45, 7) is 4.77. The Morgan fingerprint density at radius 1 is 1.47 bits per heavy atom. The van der Waals surface area contributed by atoms with E-state index in [0.717, 1.165) is 0 Å². The third kappa shape index (κ3) is 3.25. The van der Waals surface area contributed by atoms with Crippen LogP contribution in [0.5, 0.6) is 0 Å². The van der Waals surface area contributed by atoms with E-state index in [2.05, 4.69) is 19.2 Å². The molecule has 0 aromatic heterocycles. The van der Waals surface area contributed by atoms with Crippen molar-refractivity contribution in [2.45, 2.75) is 38.3 Å². The first-order chi connectivity index (χ1) is 9.06. The first-order valence-corrected chi connectivity index (χ1v) is 6.81. The van der Waals surface area contributed by atoms with Gasteiger partial charge >= 0.3 is 0 Å². The summed E-state index contributed by atoms with van der Waals surface area (Å²) in [6, 6.07) is 6.57. The number of hydrogen-bond donors (Lipinski definition) is 2. The Hall–Kier alpha value is -1.13. The fourth-order valence-electron chi connectivity index (χ4n) is 2.52. The minimum absolute atomic E-state index is 0.0199. The van der Waals surface area contributed by atoms with E-state index in [0.29, 0.717) is 31.1 Å². The number of benzene rings is 1. The van der Waals surface area contributed by atoms with Gasteiger partial charge < -0.3 is 15.2 Å². The van der Waals surface area contributed by atoms with E-state index in [9.17, 15) is 9.50 Å². The SMILES string of the molecule is CC(C)C1CC(CO)(Nc2ccccc2F)CCO1. The standard InChI is InChI=1S/C15H22FNO2/c1-11(2)14-9-15(10-18,7-8-19-14)17-13-6-4-3-5-12(13)16/h3-6,11,14,17-18H,7-10H2,1-2H3. The maximum atomic E-state index is 13.7. The van der Waals surface area contributed by atoms with Crippen molar-refractivity contribution < 1.29 is 14.2 Å². The normalized spacial score (nSPS) is 27.5. The minimum atomic E-state index is -0.491. The molecule has 1 aromatic carbocycles. The smallest absolute Gasteiger partial charge is 0.146 e. The van der Waals surface area contributed by atoms with Gasteiger partial charge in [0, 0.05) is 6.61 Å². The Labute approximate surface area is 113 Å². The number of halogens is 1. The molecule has 106 valence electrons. The molecule has 0 radical (unpaired) electrons. The molecule has 1 heterocycles. The Balaban J connectivity index is 2.16. The van der Waals surface area contributed by atoms with Gasteiger partial charge in [-0.2, -0.15) is 0 Å². The Kier molecular flexibility index (Phi) is 4.42. The monoisotopic (exact) mass is 267 g/mol. The van der Waals surface area contributed by atoms with Crippen molar-refractivity contribution in [3.05, 3.63) is 30.1 Å². The molecule has 1 aliphatic heterocycles. The van der Waals surface area contributed by atoms with Gasteiger partial charge in [0.05, 0.1) is 23.9 Å². The average molecular weight is 267 g/mol. The molecule has 2 N–H and O–H groups in total. The van der Waals surface area contributed by atoms with Crippen LogP contribution in [0.15, 0.2) is 24.3 Å². The second-order valence-electron chi connectivity index (χ2n) is 5.65. The molecule has 0 bridgehead atoms. The molecule has 0 saturated carbocycles. The maximum absolute atomic E-state index is 13.7. The summed E-state index contributed by atoms with van der Waals surface area (Å²) < 4.78 is 19.5. The van der Waals surface area contributed by atoms with Crippen molar-refractivity contribution in [3.63, 3.8) is 0 Å². The zero-order valence-electron chi connectivity index (χ0n) is 11.5. The number of nitrogens with one attached hydrogen (secondary N) is 1. The van der Waals surface area contributed by atoms with E-state index in [4.69, 9.17) is 4.74 Å². The van der Waals surface area contributed by atoms with Crippen LogP contribution < -0.4 is 5.32 Å². The number of aliphatic hydroxyl groups is 1. The van der Waals surface area contributed by atoms with Crippen molar-refractivity contribution >= 4 is 5.69 Å². The lowest BCUT2D eigenvalue weighted by Gasteiger charge is -2.42. The van der Waals surface area contributed by atoms with Crippen LogP contribution >= 0.6 is 0 Å². The summed E-state index contributed by atoms with van der Waals surface area (Å²) in [5, 5.41) is 12.9. The zero-order valence-corrected chi connectivity index (χ0v) is 11.5. The molecular weight excluding hydrogens is 245 g/mol. The third-order valence-electron chi connectivity index (χ3n) is 3.82. The van der Waals surface area contributed by atoms with E-state index in [1.165, 1.54) is 6.07 Å². The van der Waals surface area contributed by atoms with Crippen LogP contribution in [0, 0.1) is 11.7 Å². The van der Waals surface area contributed by atoms with E-state index in [1.807, 2.05) is 0 Å². The summed E-state index contributed by atoms with van der Waals surface area (Å²) in [6.07, 6.45) is 1.47. The molecule has 0 amide bonds. The second-order valence-corrected chi connectivity index (χ2v) is 5.65.